The summed E-state index contributed by atoms with van der Waals surface area (Å²) in [4.78, 5) is 18.3. The number of hydrogen-bond acceptors (Lipinski definition) is 5. The monoisotopic (exact) mass is 343 g/mol. The van der Waals surface area contributed by atoms with E-state index in [2.05, 4.69) is 15.2 Å². The highest BCUT2D eigenvalue weighted by Gasteiger charge is 2.22. The van der Waals surface area contributed by atoms with Crippen LogP contribution in [0.25, 0.3) is 0 Å². The molecule has 0 spiro atoms. The van der Waals surface area contributed by atoms with E-state index >= 15 is 0 Å². The highest BCUT2D eigenvalue weighted by Crippen LogP contribution is 2.20. The van der Waals surface area contributed by atoms with Crippen LogP contribution in [-0.4, -0.2) is 47.1 Å². The van der Waals surface area contributed by atoms with Crippen molar-refractivity contribution >= 4 is 5.91 Å². The van der Waals surface area contributed by atoms with E-state index in [1.54, 1.807) is 6.92 Å². The lowest BCUT2D eigenvalue weighted by molar-refractivity contribution is 0.0850. The Balaban J connectivity index is 1.40. The number of carbonyl (C=O) groups excluding carboxylic acids is 1. The van der Waals surface area contributed by atoms with Crippen LogP contribution in [0.1, 0.15) is 40.8 Å². The quantitative estimate of drug-likeness (QED) is 0.840. The minimum absolute atomic E-state index is 0.173. The van der Waals surface area contributed by atoms with Gasteiger partial charge in [-0.1, -0.05) is 30.3 Å². The van der Waals surface area contributed by atoms with Gasteiger partial charge in [-0.2, -0.15) is 0 Å². The first-order chi connectivity index (χ1) is 12.1. The second kappa shape index (κ2) is 8.27. The smallest absolute Gasteiger partial charge is 0.273 e. The number of piperidine rings is 1. The first-order valence-electron chi connectivity index (χ1n) is 8.77. The predicted octanol–water partition coefficient (Wildman–Crippen LogP) is 2.16. The van der Waals surface area contributed by atoms with Crippen molar-refractivity contribution in [3.8, 4) is 0 Å². The Kier molecular flexibility index (Phi) is 5.83. The number of aromatic nitrogens is 1. The molecule has 1 aromatic carbocycles. The van der Waals surface area contributed by atoms with Crippen LogP contribution in [0.2, 0.25) is 0 Å². The van der Waals surface area contributed by atoms with Crippen LogP contribution in [0.15, 0.2) is 41.1 Å². The fraction of sp³-hybridized carbons (Fsp3) is 0.474. The van der Waals surface area contributed by atoms with Crippen LogP contribution in [-0.2, 0) is 0 Å². The molecular formula is C19H25N3O3. The number of aliphatic hydroxyl groups is 1. The molecule has 0 saturated carbocycles. The third kappa shape index (κ3) is 4.67. The lowest BCUT2D eigenvalue weighted by Crippen LogP contribution is -2.40. The summed E-state index contributed by atoms with van der Waals surface area (Å²) in [5.74, 6) is 0.830. The Hall–Kier alpha value is -2.18. The van der Waals surface area contributed by atoms with Crippen molar-refractivity contribution in [2.45, 2.75) is 25.9 Å². The standard InChI is InChI=1S/C19H25N3O3/c1-14-18(21-13-25-14)19(24)20-11-15-7-9-22(10-8-15)12-17(23)16-5-3-2-4-6-16/h2-6,13,15,17,23H,7-12H2,1H3,(H,20,24). The molecule has 6 nitrogen and oxygen atoms in total. The molecule has 1 aliphatic rings. The van der Waals surface area contributed by atoms with Crippen molar-refractivity contribution in [3.63, 3.8) is 0 Å². The van der Waals surface area contributed by atoms with Gasteiger partial charge in [0.2, 0.25) is 0 Å². The molecule has 134 valence electrons. The van der Waals surface area contributed by atoms with E-state index in [-0.39, 0.29) is 5.91 Å². The zero-order valence-electron chi connectivity index (χ0n) is 14.5. The number of rotatable bonds is 6. The second-order valence-corrected chi connectivity index (χ2v) is 6.64. The second-order valence-electron chi connectivity index (χ2n) is 6.64. The number of oxazole rings is 1. The van der Waals surface area contributed by atoms with Gasteiger partial charge < -0.3 is 19.7 Å². The van der Waals surface area contributed by atoms with Gasteiger partial charge in [0.1, 0.15) is 5.76 Å². The van der Waals surface area contributed by atoms with Gasteiger partial charge in [0.25, 0.3) is 5.91 Å². The van der Waals surface area contributed by atoms with Crippen LogP contribution in [0.5, 0.6) is 0 Å². The van der Waals surface area contributed by atoms with Gasteiger partial charge in [-0.05, 0) is 44.3 Å². The maximum absolute atomic E-state index is 12.1. The number of aryl methyl sites for hydroxylation is 1. The summed E-state index contributed by atoms with van der Waals surface area (Å²) >= 11 is 0. The Morgan fingerprint density at radius 2 is 2.08 bits per heavy atom. The van der Waals surface area contributed by atoms with Crippen molar-refractivity contribution in [1.82, 2.24) is 15.2 Å². The average molecular weight is 343 g/mol. The summed E-state index contributed by atoms with van der Waals surface area (Å²) in [6, 6.07) is 9.77. The number of amides is 1. The number of nitrogens with zero attached hydrogens (tertiary/aromatic N) is 2. The van der Waals surface area contributed by atoms with Gasteiger partial charge in [-0.15, -0.1) is 0 Å². The molecule has 0 bridgehead atoms. The summed E-state index contributed by atoms with van der Waals surface area (Å²) in [6.45, 7) is 4.92. The van der Waals surface area contributed by atoms with Crippen molar-refractivity contribution in [2.75, 3.05) is 26.2 Å². The molecular weight excluding hydrogens is 318 g/mol. The normalized spacial score (nSPS) is 17.4. The number of nitrogens with one attached hydrogen (secondary N) is 1. The summed E-state index contributed by atoms with van der Waals surface area (Å²) < 4.78 is 5.06. The third-order valence-electron chi connectivity index (χ3n) is 4.83. The first kappa shape index (κ1) is 17.6. The zero-order valence-corrected chi connectivity index (χ0v) is 14.5. The lowest BCUT2D eigenvalue weighted by atomic mass is 9.96. The van der Waals surface area contributed by atoms with Gasteiger partial charge in [-0.25, -0.2) is 4.98 Å². The van der Waals surface area contributed by atoms with E-state index in [0.29, 0.717) is 30.5 Å². The number of β-amino-alcohol motifs (C(OH)–C–C–N with tert-alkyl or cyclic N) is 1. The van der Waals surface area contributed by atoms with Gasteiger partial charge in [0, 0.05) is 13.1 Å². The molecule has 25 heavy (non-hydrogen) atoms. The Morgan fingerprint density at radius 3 is 2.72 bits per heavy atom. The minimum Gasteiger partial charge on any atom is -0.448 e. The van der Waals surface area contributed by atoms with Crippen molar-refractivity contribution in [1.29, 1.82) is 0 Å². The summed E-state index contributed by atoms with van der Waals surface area (Å²) in [7, 11) is 0. The molecule has 2 heterocycles. The maximum atomic E-state index is 12.1. The van der Waals surface area contributed by atoms with E-state index < -0.39 is 6.10 Å². The molecule has 3 rings (SSSR count). The molecule has 1 saturated heterocycles. The molecule has 1 atom stereocenters. The topological polar surface area (TPSA) is 78.6 Å². The minimum atomic E-state index is -0.451. The number of hydrogen-bond donors (Lipinski definition) is 2. The van der Waals surface area contributed by atoms with Crippen LogP contribution in [0.4, 0.5) is 0 Å². The number of carbonyl (C=O) groups is 1. The molecule has 2 N–H and O–H groups in total. The third-order valence-corrected chi connectivity index (χ3v) is 4.83. The molecule has 0 radical (unpaired) electrons. The largest absolute Gasteiger partial charge is 0.448 e. The van der Waals surface area contributed by atoms with Crippen LogP contribution in [0.3, 0.4) is 0 Å². The van der Waals surface area contributed by atoms with Crippen molar-refractivity contribution in [2.24, 2.45) is 5.92 Å². The van der Waals surface area contributed by atoms with Gasteiger partial charge in [-0.3, -0.25) is 4.79 Å². The molecule has 1 amide bonds. The molecule has 1 fully saturated rings. The van der Waals surface area contributed by atoms with E-state index in [0.717, 1.165) is 31.5 Å². The highest BCUT2D eigenvalue weighted by molar-refractivity contribution is 5.92. The van der Waals surface area contributed by atoms with E-state index in [9.17, 15) is 9.90 Å². The zero-order chi connectivity index (χ0) is 17.6. The number of benzene rings is 1. The Morgan fingerprint density at radius 1 is 1.36 bits per heavy atom. The van der Waals surface area contributed by atoms with Gasteiger partial charge >= 0.3 is 0 Å². The van der Waals surface area contributed by atoms with E-state index in [1.165, 1.54) is 6.39 Å². The van der Waals surface area contributed by atoms with E-state index in [4.69, 9.17) is 4.42 Å². The average Bonchev–Trinajstić information content (AvgIpc) is 3.07. The highest BCUT2D eigenvalue weighted by atomic mass is 16.3. The summed E-state index contributed by atoms with van der Waals surface area (Å²) in [5.41, 5.74) is 1.32. The molecule has 1 unspecified atom stereocenters. The number of aliphatic hydroxyl groups excluding tert-OH is 1. The molecule has 0 aliphatic carbocycles. The summed E-state index contributed by atoms with van der Waals surface area (Å²) in [6.07, 6.45) is 2.87. The summed E-state index contributed by atoms with van der Waals surface area (Å²) in [5, 5.41) is 13.3. The Labute approximate surface area is 147 Å². The SMILES string of the molecule is Cc1ocnc1C(=O)NCC1CCN(CC(O)c2ccccc2)CC1. The fourth-order valence-electron chi connectivity index (χ4n) is 3.24. The van der Waals surface area contributed by atoms with Crippen molar-refractivity contribution < 1.29 is 14.3 Å². The first-order valence-corrected chi connectivity index (χ1v) is 8.77. The van der Waals surface area contributed by atoms with E-state index in [1.807, 2.05) is 30.3 Å². The van der Waals surface area contributed by atoms with Crippen molar-refractivity contribution in [3.05, 3.63) is 53.7 Å². The van der Waals surface area contributed by atoms with Gasteiger partial charge in [0.15, 0.2) is 12.1 Å². The van der Waals surface area contributed by atoms with Crippen LogP contribution in [0, 0.1) is 12.8 Å². The van der Waals surface area contributed by atoms with Crippen LogP contribution >= 0.6 is 0 Å². The fourth-order valence-corrected chi connectivity index (χ4v) is 3.24. The predicted molar refractivity (Wildman–Crippen MR) is 94.1 cm³/mol. The van der Waals surface area contributed by atoms with Crippen LogP contribution < -0.4 is 5.32 Å². The lowest BCUT2D eigenvalue weighted by Gasteiger charge is -2.33. The van der Waals surface area contributed by atoms with Gasteiger partial charge in [0.05, 0.1) is 6.10 Å². The molecule has 6 heteroatoms. The molecule has 1 aromatic heterocycles. The molecule has 2 aromatic rings. The maximum Gasteiger partial charge on any atom is 0.273 e. The number of likely N-dealkylation sites (tertiary alicyclic amines) is 1. The Bertz CT molecular complexity index is 678. The molecule has 1 aliphatic heterocycles.